The van der Waals surface area contributed by atoms with Crippen LogP contribution in [-0.2, 0) is 6.54 Å². The van der Waals surface area contributed by atoms with E-state index in [1.165, 1.54) is 25.2 Å². The van der Waals surface area contributed by atoms with E-state index in [0.717, 1.165) is 29.5 Å². The maximum absolute atomic E-state index is 12.3. The number of nitrogens with zero attached hydrogens (tertiary/aromatic N) is 5. The summed E-state index contributed by atoms with van der Waals surface area (Å²) in [5, 5.41) is 5.91. The monoisotopic (exact) mass is 366 g/mol. The van der Waals surface area contributed by atoms with Gasteiger partial charge in [0, 0.05) is 48.8 Å². The molecule has 0 aromatic carbocycles. The van der Waals surface area contributed by atoms with Crippen molar-refractivity contribution in [2.75, 3.05) is 18.0 Å². The number of pyridine rings is 1. The molecule has 0 radical (unpaired) electrons. The first-order valence-electron chi connectivity index (χ1n) is 8.49. The van der Waals surface area contributed by atoms with E-state index in [0.29, 0.717) is 17.9 Å². The fraction of sp³-hybridized carbons (Fsp3) is 0.278. The van der Waals surface area contributed by atoms with Crippen molar-refractivity contribution in [3.05, 3.63) is 53.6 Å². The number of carbonyl (C=O) groups is 1. The standard InChI is InChI=1S/C18H18N6OS/c25-17(14-9-20-16(21-10-14)13-4-3-5-19-8-13)22-11-15-12-26-18(23-15)24-6-1-2-7-24/h3-5,8-10,12H,1-2,6-7,11H2,(H,22,25). The Morgan fingerprint density at radius 3 is 2.73 bits per heavy atom. The van der Waals surface area contributed by atoms with E-state index in [1.807, 2.05) is 17.5 Å². The highest BCUT2D eigenvalue weighted by atomic mass is 32.1. The highest BCUT2D eigenvalue weighted by Crippen LogP contribution is 2.24. The lowest BCUT2D eigenvalue weighted by molar-refractivity contribution is 0.0949. The van der Waals surface area contributed by atoms with Gasteiger partial charge in [-0.15, -0.1) is 11.3 Å². The number of hydrogen-bond acceptors (Lipinski definition) is 7. The quantitative estimate of drug-likeness (QED) is 0.747. The Bertz CT molecular complexity index is 874. The molecule has 1 saturated heterocycles. The number of thiazole rings is 1. The van der Waals surface area contributed by atoms with Gasteiger partial charge >= 0.3 is 0 Å². The molecule has 4 rings (SSSR count). The van der Waals surface area contributed by atoms with Gasteiger partial charge in [-0.05, 0) is 25.0 Å². The van der Waals surface area contributed by atoms with Crippen LogP contribution < -0.4 is 10.2 Å². The minimum absolute atomic E-state index is 0.210. The second-order valence-electron chi connectivity index (χ2n) is 6.04. The molecule has 3 aromatic rings. The summed E-state index contributed by atoms with van der Waals surface area (Å²) >= 11 is 1.63. The molecule has 1 aliphatic heterocycles. The second-order valence-corrected chi connectivity index (χ2v) is 6.87. The summed E-state index contributed by atoms with van der Waals surface area (Å²) in [6, 6.07) is 3.70. The van der Waals surface area contributed by atoms with Crippen LogP contribution in [0.2, 0.25) is 0 Å². The smallest absolute Gasteiger partial charge is 0.254 e. The van der Waals surface area contributed by atoms with Crippen LogP contribution in [0.15, 0.2) is 42.3 Å². The predicted molar refractivity (Wildman–Crippen MR) is 100.0 cm³/mol. The zero-order valence-electron chi connectivity index (χ0n) is 14.1. The molecular weight excluding hydrogens is 348 g/mol. The van der Waals surface area contributed by atoms with E-state index in [9.17, 15) is 4.79 Å². The largest absolute Gasteiger partial charge is 0.348 e. The highest BCUT2D eigenvalue weighted by molar-refractivity contribution is 7.13. The van der Waals surface area contributed by atoms with Gasteiger partial charge in [-0.25, -0.2) is 15.0 Å². The summed E-state index contributed by atoms with van der Waals surface area (Å²) in [4.78, 5) is 31.7. The van der Waals surface area contributed by atoms with Crippen LogP contribution in [0.25, 0.3) is 11.4 Å². The summed E-state index contributed by atoms with van der Waals surface area (Å²) < 4.78 is 0. The van der Waals surface area contributed by atoms with E-state index < -0.39 is 0 Å². The molecule has 1 amide bonds. The van der Waals surface area contributed by atoms with Crippen molar-refractivity contribution in [2.45, 2.75) is 19.4 Å². The maximum atomic E-state index is 12.3. The fourth-order valence-corrected chi connectivity index (χ4v) is 3.67. The fourth-order valence-electron chi connectivity index (χ4n) is 2.79. The van der Waals surface area contributed by atoms with E-state index in [2.05, 4.69) is 30.2 Å². The third-order valence-corrected chi connectivity index (χ3v) is 5.13. The van der Waals surface area contributed by atoms with Crippen LogP contribution in [0, 0.1) is 0 Å². The van der Waals surface area contributed by atoms with Crippen molar-refractivity contribution in [1.82, 2.24) is 25.3 Å². The SMILES string of the molecule is O=C(NCc1csc(N2CCCC2)n1)c1cnc(-c2cccnc2)nc1. The zero-order valence-corrected chi connectivity index (χ0v) is 14.9. The Hall–Kier alpha value is -2.87. The lowest BCUT2D eigenvalue weighted by atomic mass is 10.2. The summed E-state index contributed by atoms with van der Waals surface area (Å²) in [6.07, 6.45) is 8.89. The predicted octanol–water partition coefficient (Wildman–Crippen LogP) is 2.53. The number of carbonyl (C=O) groups excluding carboxylic acids is 1. The van der Waals surface area contributed by atoms with Gasteiger partial charge in [0.1, 0.15) is 0 Å². The van der Waals surface area contributed by atoms with E-state index >= 15 is 0 Å². The molecule has 0 atom stereocenters. The summed E-state index contributed by atoms with van der Waals surface area (Å²) in [5.41, 5.74) is 2.11. The third kappa shape index (κ3) is 3.70. The lowest BCUT2D eigenvalue weighted by Gasteiger charge is -2.12. The molecule has 0 aliphatic carbocycles. The molecule has 0 unspecified atom stereocenters. The maximum Gasteiger partial charge on any atom is 0.254 e. The van der Waals surface area contributed by atoms with Crippen molar-refractivity contribution in [3.8, 4) is 11.4 Å². The van der Waals surface area contributed by atoms with Crippen LogP contribution in [-0.4, -0.2) is 38.9 Å². The molecule has 3 aromatic heterocycles. The van der Waals surface area contributed by atoms with Crippen LogP contribution in [0.1, 0.15) is 28.9 Å². The second kappa shape index (κ2) is 7.57. The molecule has 132 valence electrons. The number of amides is 1. The summed E-state index contributed by atoms with van der Waals surface area (Å²) in [5.74, 6) is 0.336. The average Bonchev–Trinajstić information content (AvgIpc) is 3.38. The Kier molecular flexibility index (Phi) is 4.83. The molecule has 4 heterocycles. The first-order chi connectivity index (χ1) is 12.8. The van der Waals surface area contributed by atoms with Crippen molar-refractivity contribution < 1.29 is 4.79 Å². The Labute approximate surface area is 155 Å². The van der Waals surface area contributed by atoms with Gasteiger partial charge in [0.25, 0.3) is 5.91 Å². The van der Waals surface area contributed by atoms with E-state index in [4.69, 9.17) is 0 Å². The minimum Gasteiger partial charge on any atom is -0.348 e. The number of aromatic nitrogens is 4. The van der Waals surface area contributed by atoms with Gasteiger partial charge in [-0.1, -0.05) is 0 Å². The third-order valence-electron chi connectivity index (χ3n) is 4.18. The summed E-state index contributed by atoms with van der Waals surface area (Å²) in [6.45, 7) is 2.54. The molecule has 1 aliphatic rings. The molecule has 0 saturated carbocycles. The molecule has 0 spiro atoms. The van der Waals surface area contributed by atoms with Crippen molar-refractivity contribution in [3.63, 3.8) is 0 Å². The van der Waals surface area contributed by atoms with Gasteiger partial charge in [0.05, 0.1) is 17.8 Å². The number of rotatable bonds is 5. The van der Waals surface area contributed by atoms with Gasteiger partial charge in [0.2, 0.25) is 0 Å². The zero-order chi connectivity index (χ0) is 17.8. The Balaban J connectivity index is 1.36. The Morgan fingerprint density at radius 1 is 1.19 bits per heavy atom. The normalized spacial score (nSPS) is 13.8. The van der Waals surface area contributed by atoms with Crippen molar-refractivity contribution in [2.24, 2.45) is 0 Å². The van der Waals surface area contributed by atoms with Crippen molar-refractivity contribution >= 4 is 22.4 Å². The van der Waals surface area contributed by atoms with Gasteiger partial charge in [0.15, 0.2) is 11.0 Å². The number of hydrogen-bond donors (Lipinski definition) is 1. The summed E-state index contributed by atoms with van der Waals surface area (Å²) in [7, 11) is 0. The van der Waals surface area contributed by atoms with Crippen LogP contribution in [0.5, 0.6) is 0 Å². The molecule has 1 fully saturated rings. The van der Waals surface area contributed by atoms with Gasteiger partial charge in [-0.3, -0.25) is 9.78 Å². The Morgan fingerprint density at radius 2 is 2.00 bits per heavy atom. The first kappa shape index (κ1) is 16.6. The van der Waals surface area contributed by atoms with E-state index in [1.54, 1.807) is 23.7 Å². The number of anilines is 1. The van der Waals surface area contributed by atoms with Crippen LogP contribution in [0.3, 0.4) is 0 Å². The molecule has 1 N–H and O–H groups in total. The number of nitrogens with one attached hydrogen (secondary N) is 1. The van der Waals surface area contributed by atoms with Crippen LogP contribution >= 0.6 is 11.3 Å². The van der Waals surface area contributed by atoms with Gasteiger partial charge < -0.3 is 10.2 Å². The molecule has 0 bridgehead atoms. The molecular formula is C18H18N6OS. The lowest BCUT2D eigenvalue weighted by Crippen LogP contribution is -2.23. The van der Waals surface area contributed by atoms with Gasteiger partial charge in [-0.2, -0.15) is 0 Å². The molecule has 8 heteroatoms. The minimum atomic E-state index is -0.210. The highest BCUT2D eigenvalue weighted by Gasteiger charge is 2.16. The van der Waals surface area contributed by atoms with Crippen LogP contribution in [0.4, 0.5) is 5.13 Å². The topological polar surface area (TPSA) is 83.9 Å². The van der Waals surface area contributed by atoms with E-state index in [-0.39, 0.29) is 5.91 Å². The first-order valence-corrected chi connectivity index (χ1v) is 9.37. The molecule has 26 heavy (non-hydrogen) atoms. The molecule has 7 nitrogen and oxygen atoms in total. The van der Waals surface area contributed by atoms with Crippen molar-refractivity contribution in [1.29, 1.82) is 0 Å². The average molecular weight is 366 g/mol.